The van der Waals surface area contributed by atoms with Gasteiger partial charge in [-0.1, -0.05) is 48.5 Å². The van der Waals surface area contributed by atoms with E-state index in [1.807, 2.05) is 0 Å². The number of fused-ring (bicyclic) bond motifs is 1. The Bertz CT molecular complexity index is 1200. The van der Waals surface area contributed by atoms with Crippen molar-refractivity contribution >= 4 is 11.8 Å². The van der Waals surface area contributed by atoms with Crippen LogP contribution in [0.25, 0.3) is 0 Å². The number of benzene rings is 3. The summed E-state index contributed by atoms with van der Waals surface area (Å²) in [7, 11) is 0. The number of aryl methyl sites for hydroxylation is 1. The summed E-state index contributed by atoms with van der Waals surface area (Å²) in [5.74, 6) is -1.83. The first kappa shape index (κ1) is 22.4. The Morgan fingerprint density at radius 1 is 1.00 bits per heavy atom. The molecule has 1 unspecified atom stereocenters. The number of alkyl halides is 3. The Morgan fingerprint density at radius 2 is 1.67 bits per heavy atom. The van der Waals surface area contributed by atoms with Gasteiger partial charge in [0.05, 0.1) is 17.2 Å². The normalized spacial score (nSPS) is 16.2. The quantitative estimate of drug-likeness (QED) is 0.583. The summed E-state index contributed by atoms with van der Waals surface area (Å²) in [6.45, 7) is 0. The molecule has 0 bridgehead atoms. The van der Waals surface area contributed by atoms with Crippen LogP contribution in [0.1, 0.15) is 51.1 Å². The first-order valence-electron chi connectivity index (χ1n) is 10.3. The summed E-state index contributed by atoms with van der Waals surface area (Å²) >= 11 is 0. The molecule has 0 aromatic heterocycles. The number of hydrogen-bond donors (Lipinski definition) is 2. The molecular formula is C25H21F3N2O3. The second-order valence-corrected chi connectivity index (χ2v) is 7.91. The average molecular weight is 454 g/mol. The van der Waals surface area contributed by atoms with Crippen LogP contribution in [-0.4, -0.2) is 21.8 Å². The first-order valence-corrected chi connectivity index (χ1v) is 10.3. The lowest BCUT2D eigenvalue weighted by molar-refractivity contribution is -0.137. The molecule has 1 aliphatic rings. The van der Waals surface area contributed by atoms with Gasteiger partial charge in [-0.05, 0) is 53.8 Å². The monoisotopic (exact) mass is 454 g/mol. The molecule has 4 rings (SSSR count). The highest BCUT2D eigenvalue weighted by Gasteiger charge is 2.41. The molecule has 3 aromatic rings. The number of amides is 2. The van der Waals surface area contributed by atoms with E-state index >= 15 is 0 Å². The fourth-order valence-corrected chi connectivity index (χ4v) is 4.38. The molecule has 0 saturated carbocycles. The number of nitrogens with zero attached hydrogens (tertiary/aromatic N) is 1. The zero-order valence-electron chi connectivity index (χ0n) is 17.4. The first-order chi connectivity index (χ1) is 15.7. The Hall–Kier alpha value is -3.81. The third kappa shape index (κ3) is 4.28. The summed E-state index contributed by atoms with van der Waals surface area (Å²) in [6, 6.07) is 15.5. The zero-order valence-corrected chi connectivity index (χ0v) is 17.4. The van der Waals surface area contributed by atoms with Gasteiger partial charge in [0.15, 0.2) is 0 Å². The number of phenols is 1. The number of halogens is 3. The van der Waals surface area contributed by atoms with E-state index < -0.39 is 35.6 Å². The molecule has 8 heteroatoms. The maximum Gasteiger partial charge on any atom is 0.416 e. The molecule has 2 atom stereocenters. The minimum atomic E-state index is -4.56. The highest BCUT2D eigenvalue weighted by molar-refractivity contribution is 6.00. The molecule has 0 spiro atoms. The van der Waals surface area contributed by atoms with Crippen molar-refractivity contribution in [3.63, 3.8) is 0 Å². The lowest BCUT2D eigenvalue weighted by atomic mass is 9.97. The molecule has 0 radical (unpaired) electrons. The molecule has 33 heavy (non-hydrogen) atoms. The van der Waals surface area contributed by atoms with Gasteiger partial charge in [-0.2, -0.15) is 13.2 Å². The summed E-state index contributed by atoms with van der Waals surface area (Å²) in [6.07, 6.45) is -3.81. The third-order valence-electron chi connectivity index (χ3n) is 5.89. The van der Waals surface area contributed by atoms with Crippen molar-refractivity contribution in [2.75, 3.05) is 0 Å². The van der Waals surface area contributed by atoms with Gasteiger partial charge in [0, 0.05) is 0 Å². The zero-order chi connectivity index (χ0) is 23.8. The van der Waals surface area contributed by atoms with Gasteiger partial charge in [-0.3, -0.25) is 9.59 Å². The number of hydrogen-bond acceptors (Lipinski definition) is 3. The van der Waals surface area contributed by atoms with Gasteiger partial charge >= 0.3 is 6.18 Å². The van der Waals surface area contributed by atoms with E-state index in [4.69, 9.17) is 5.73 Å². The van der Waals surface area contributed by atoms with Crippen molar-refractivity contribution in [3.8, 4) is 5.75 Å². The van der Waals surface area contributed by atoms with E-state index in [1.54, 1.807) is 42.5 Å². The van der Waals surface area contributed by atoms with E-state index in [-0.39, 0.29) is 11.3 Å². The number of aromatic hydroxyl groups is 1. The standard InChI is InChI=1S/C25H21F3N2O3/c26-25(27,28)17-12-10-15-11-13-20(19(15)14-17)30(24(33)18-8-4-5-9-21(18)31)22(23(29)32)16-6-2-1-3-7-16/h1-10,12,14,20,22,31H,11,13H2,(H2,29,32)/t20-,22?/m1/s1. The van der Waals surface area contributed by atoms with Crippen LogP contribution in [0.2, 0.25) is 0 Å². The molecule has 1 aliphatic carbocycles. The van der Waals surface area contributed by atoms with Crippen LogP contribution in [0.4, 0.5) is 13.2 Å². The number of primary amides is 1. The molecule has 170 valence electrons. The molecule has 0 fully saturated rings. The largest absolute Gasteiger partial charge is 0.507 e. The second kappa shape index (κ2) is 8.61. The van der Waals surface area contributed by atoms with Crippen LogP contribution in [0, 0.1) is 0 Å². The van der Waals surface area contributed by atoms with Crippen molar-refractivity contribution in [2.24, 2.45) is 5.73 Å². The Kier molecular flexibility index (Phi) is 5.84. The van der Waals surface area contributed by atoms with E-state index in [9.17, 15) is 27.9 Å². The topological polar surface area (TPSA) is 83.6 Å². The van der Waals surface area contributed by atoms with Crippen molar-refractivity contribution in [1.29, 1.82) is 0 Å². The number of nitrogens with two attached hydrogens (primary N) is 1. The van der Waals surface area contributed by atoms with Crippen LogP contribution in [-0.2, 0) is 17.4 Å². The Morgan fingerprint density at radius 3 is 2.30 bits per heavy atom. The molecular weight excluding hydrogens is 433 g/mol. The number of carbonyl (C=O) groups excluding carboxylic acids is 2. The van der Waals surface area contributed by atoms with E-state index in [1.165, 1.54) is 23.1 Å². The maximum atomic E-state index is 13.7. The highest BCUT2D eigenvalue weighted by atomic mass is 19.4. The SMILES string of the molecule is NC(=O)C(c1ccccc1)N(C(=O)c1ccccc1O)[C@@H]1CCc2ccc(C(F)(F)F)cc21. The van der Waals surface area contributed by atoms with Crippen LogP contribution in [0.15, 0.2) is 72.8 Å². The van der Waals surface area contributed by atoms with Crippen molar-refractivity contribution in [3.05, 3.63) is 101 Å². The molecule has 5 nitrogen and oxygen atoms in total. The van der Waals surface area contributed by atoms with Gasteiger partial charge in [0.2, 0.25) is 5.91 Å². The summed E-state index contributed by atoms with van der Waals surface area (Å²) in [5, 5.41) is 10.3. The van der Waals surface area contributed by atoms with Gasteiger partial charge in [-0.25, -0.2) is 0 Å². The van der Waals surface area contributed by atoms with E-state index in [0.717, 1.165) is 12.1 Å². The molecule has 0 aliphatic heterocycles. The predicted molar refractivity (Wildman–Crippen MR) is 115 cm³/mol. The number of carbonyl (C=O) groups is 2. The summed E-state index contributed by atoms with van der Waals surface area (Å²) in [4.78, 5) is 27.5. The van der Waals surface area contributed by atoms with Crippen LogP contribution < -0.4 is 5.73 Å². The fourth-order valence-electron chi connectivity index (χ4n) is 4.38. The van der Waals surface area contributed by atoms with Gasteiger partial charge < -0.3 is 15.7 Å². The minimum absolute atomic E-state index is 0.0693. The highest BCUT2D eigenvalue weighted by Crippen LogP contribution is 2.43. The number of phenolic OH excluding ortho intramolecular Hbond substituents is 1. The molecule has 2 amide bonds. The van der Waals surface area contributed by atoms with Crippen LogP contribution in [0.5, 0.6) is 5.75 Å². The third-order valence-corrected chi connectivity index (χ3v) is 5.89. The molecule has 0 heterocycles. The average Bonchev–Trinajstić information content (AvgIpc) is 3.20. The number of para-hydroxylation sites is 1. The Labute approximate surface area is 188 Å². The summed E-state index contributed by atoms with van der Waals surface area (Å²) < 4.78 is 40.3. The van der Waals surface area contributed by atoms with Crippen molar-refractivity contribution in [2.45, 2.75) is 31.1 Å². The van der Waals surface area contributed by atoms with Gasteiger partial charge in [0.25, 0.3) is 5.91 Å². The van der Waals surface area contributed by atoms with Crippen LogP contribution in [0.3, 0.4) is 0 Å². The van der Waals surface area contributed by atoms with Crippen LogP contribution >= 0.6 is 0 Å². The lowest BCUT2D eigenvalue weighted by Crippen LogP contribution is -2.43. The molecule has 3 aromatic carbocycles. The maximum absolute atomic E-state index is 13.7. The molecule has 3 N–H and O–H groups in total. The van der Waals surface area contributed by atoms with Crippen molar-refractivity contribution in [1.82, 2.24) is 4.90 Å². The van der Waals surface area contributed by atoms with E-state index in [0.29, 0.717) is 29.5 Å². The Balaban J connectivity index is 1.89. The van der Waals surface area contributed by atoms with E-state index in [2.05, 4.69) is 0 Å². The summed E-state index contributed by atoms with van der Waals surface area (Å²) in [5.41, 5.74) is 6.24. The van der Waals surface area contributed by atoms with Gasteiger partial charge in [-0.15, -0.1) is 0 Å². The van der Waals surface area contributed by atoms with Gasteiger partial charge in [0.1, 0.15) is 11.8 Å². The minimum Gasteiger partial charge on any atom is -0.507 e. The number of rotatable bonds is 5. The molecule has 0 saturated heterocycles. The van der Waals surface area contributed by atoms with Crippen molar-refractivity contribution < 1.29 is 27.9 Å². The second-order valence-electron chi connectivity index (χ2n) is 7.91. The smallest absolute Gasteiger partial charge is 0.416 e. The fraction of sp³-hybridized carbons (Fsp3) is 0.200. The predicted octanol–water partition coefficient (Wildman–Crippen LogP) is 4.77. The lowest BCUT2D eigenvalue weighted by Gasteiger charge is -2.36.